The van der Waals surface area contributed by atoms with Crippen molar-refractivity contribution < 1.29 is 9.53 Å². The zero-order chi connectivity index (χ0) is 20.0. The molecule has 1 aromatic carbocycles. The number of methoxy groups -OCH3 is 1. The molecular formula is C23H25N3O2S. The summed E-state index contributed by atoms with van der Waals surface area (Å²) in [5.74, 6) is 0.963. The van der Waals surface area contributed by atoms with Crippen LogP contribution in [0.25, 0.3) is 0 Å². The quantitative estimate of drug-likeness (QED) is 0.643. The van der Waals surface area contributed by atoms with E-state index in [1.807, 2.05) is 35.6 Å². The molecule has 4 heterocycles. The molecular weight excluding hydrogens is 382 g/mol. The number of fused-ring (bicyclic) bond motifs is 3. The van der Waals surface area contributed by atoms with Gasteiger partial charge < -0.3 is 14.2 Å². The van der Waals surface area contributed by atoms with E-state index in [0.29, 0.717) is 12.6 Å². The molecule has 0 saturated carbocycles. The summed E-state index contributed by atoms with van der Waals surface area (Å²) in [5.41, 5.74) is 3.29. The highest BCUT2D eigenvalue weighted by molar-refractivity contribution is 7.10. The number of aryl methyl sites for hydroxylation is 1. The van der Waals surface area contributed by atoms with Gasteiger partial charge in [0.1, 0.15) is 11.4 Å². The van der Waals surface area contributed by atoms with Gasteiger partial charge in [-0.15, -0.1) is 11.3 Å². The first kappa shape index (κ1) is 18.5. The molecule has 2 aromatic heterocycles. The van der Waals surface area contributed by atoms with Crippen LogP contribution in [0.15, 0.2) is 54.0 Å². The van der Waals surface area contributed by atoms with E-state index in [0.717, 1.165) is 36.6 Å². The number of nitrogens with zero attached hydrogens (tertiary/aromatic N) is 3. The predicted molar refractivity (Wildman–Crippen MR) is 114 cm³/mol. The number of carbonyl (C=O) groups excluding carboxylic acids is 1. The van der Waals surface area contributed by atoms with Crippen molar-refractivity contribution in [1.29, 1.82) is 0 Å². The highest BCUT2D eigenvalue weighted by Crippen LogP contribution is 2.36. The fourth-order valence-corrected chi connectivity index (χ4v) is 5.55. The monoisotopic (exact) mass is 407 g/mol. The van der Waals surface area contributed by atoms with Crippen LogP contribution in [0.3, 0.4) is 0 Å². The summed E-state index contributed by atoms with van der Waals surface area (Å²) in [5, 5.41) is 2.16. The van der Waals surface area contributed by atoms with Crippen LogP contribution in [-0.2, 0) is 13.1 Å². The van der Waals surface area contributed by atoms with Crippen molar-refractivity contribution in [3.8, 4) is 5.75 Å². The lowest BCUT2D eigenvalue weighted by atomic mass is 10.0. The maximum absolute atomic E-state index is 13.3. The SMILES string of the molecule is COc1ccc(CN2C(=O)c3cccn3C3CN(Cc4sccc4C)CC32)cc1. The number of thiophene rings is 1. The summed E-state index contributed by atoms with van der Waals surface area (Å²) in [6.45, 7) is 5.63. The van der Waals surface area contributed by atoms with Crippen LogP contribution in [0, 0.1) is 6.92 Å². The molecule has 3 aromatic rings. The molecule has 0 radical (unpaired) electrons. The fourth-order valence-electron chi connectivity index (χ4n) is 4.60. The number of carbonyl (C=O) groups is 1. The molecule has 5 rings (SSSR count). The van der Waals surface area contributed by atoms with E-state index in [9.17, 15) is 4.79 Å². The molecule has 2 unspecified atom stereocenters. The largest absolute Gasteiger partial charge is 0.497 e. The average Bonchev–Trinajstić information content (AvgIpc) is 3.46. The van der Waals surface area contributed by atoms with Crippen LogP contribution >= 0.6 is 11.3 Å². The fraction of sp³-hybridized carbons (Fsp3) is 0.348. The van der Waals surface area contributed by atoms with Crippen molar-refractivity contribution in [2.24, 2.45) is 0 Å². The van der Waals surface area contributed by atoms with Gasteiger partial charge in [0, 0.05) is 37.3 Å². The Bertz CT molecular complexity index is 1020. The minimum Gasteiger partial charge on any atom is -0.497 e. The van der Waals surface area contributed by atoms with E-state index >= 15 is 0 Å². The maximum Gasteiger partial charge on any atom is 0.271 e. The molecule has 2 aliphatic heterocycles. The van der Waals surface area contributed by atoms with E-state index in [2.05, 4.69) is 51.1 Å². The Balaban J connectivity index is 1.42. The Morgan fingerprint density at radius 2 is 1.86 bits per heavy atom. The van der Waals surface area contributed by atoms with Crippen LogP contribution in [0.4, 0.5) is 0 Å². The molecule has 0 N–H and O–H groups in total. The third-order valence-corrected chi connectivity index (χ3v) is 7.21. The zero-order valence-corrected chi connectivity index (χ0v) is 17.6. The van der Waals surface area contributed by atoms with Crippen molar-refractivity contribution >= 4 is 17.2 Å². The van der Waals surface area contributed by atoms with E-state index in [1.165, 1.54) is 10.4 Å². The smallest absolute Gasteiger partial charge is 0.271 e. The highest BCUT2D eigenvalue weighted by atomic mass is 32.1. The first-order valence-corrected chi connectivity index (χ1v) is 10.9. The lowest BCUT2D eigenvalue weighted by Gasteiger charge is -2.38. The molecule has 5 nitrogen and oxygen atoms in total. The van der Waals surface area contributed by atoms with Gasteiger partial charge in [-0.1, -0.05) is 12.1 Å². The number of aromatic nitrogens is 1. The lowest BCUT2D eigenvalue weighted by molar-refractivity contribution is 0.0556. The number of hydrogen-bond acceptors (Lipinski definition) is 4. The maximum atomic E-state index is 13.3. The van der Waals surface area contributed by atoms with Crippen LogP contribution in [0.2, 0.25) is 0 Å². The molecule has 1 fully saturated rings. The molecule has 0 aliphatic carbocycles. The number of likely N-dealkylation sites (tertiary alicyclic amines) is 1. The van der Waals surface area contributed by atoms with Crippen LogP contribution in [0.1, 0.15) is 32.5 Å². The molecule has 6 heteroatoms. The van der Waals surface area contributed by atoms with Gasteiger partial charge in [0.05, 0.1) is 19.2 Å². The predicted octanol–water partition coefficient (Wildman–Crippen LogP) is 3.95. The minimum absolute atomic E-state index is 0.126. The van der Waals surface area contributed by atoms with Gasteiger partial charge in [-0.2, -0.15) is 0 Å². The molecule has 29 heavy (non-hydrogen) atoms. The number of amides is 1. The standard InChI is InChI=1S/C23H25N3O2S/c1-16-9-11-29-22(16)15-24-13-20-21(14-24)26(23(27)19-4-3-10-25(19)20)12-17-5-7-18(28-2)8-6-17/h3-11,20-21H,12-15H2,1-2H3. The lowest BCUT2D eigenvalue weighted by Crippen LogP contribution is -2.49. The summed E-state index contributed by atoms with van der Waals surface area (Å²) >= 11 is 1.82. The van der Waals surface area contributed by atoms with Gasteiger partial charge in [-0.05, 0) is 53.8 Å². The first-order valence-electron chi connectivity index (χ1n) is 10.00. The molecule has 1 amide bonds. The van der Waals surface area contributed by atoms with E-state index in [-0.39, 0.29) is 11.9 Å². The van der Waals surface area contributed by atoms with Crippen molar-refractivity contribution in [2.45, 2.75) is 32.1 Å². The third-order valence-electron chi connectivity index (χ3n) is 6.20. The van der Waals surface area contributed by atoms with Gasteiger partial charge in [0.15, 0.2) is 0 Å². The van der Waals surface area contributed by atoms with Crippen molar-refractivity contribution in [3.63, 3.8) is 0 Å². The summed E-state index contributed by atoms with van der Waals surface area (Å²) < 4.78 is 7.46. The van der Waals surface area contributed by atoms with Gasteiger partial charge in [0.25, 0.3) is 5.91 Å². The zero-order valence-electron chi connectivity index (χ0n) is 16.7. The van der Waals surface area contributed by atoms with Crippen LogP contribution in [0.5, 0.6) is 5.75 Å². The van der Waals surface area contributed by atoms with Gasteiger partial charge in [-0.25, -0.2) is 0 Å². The first-order chi connectivity index (χ1) is 14.1. The molecule has 0 spiro atoms. The Morgan fingerprint density at radius 3 is 2.59 bits per heavy atom. The van der Waals surface area contributed by atoms with Gasteiger partial charge in [0.2, 0.25) is 0 Å². The van der Waals surface area contributed by atoms with Gasteiger partial charge >= 0.3 is 0 Å². The Kier molecular flexibility index (Phi) is 4.68. The third kappa shape index (κ3) is 3.26. The van der Waals surface area contributed by atoms with E-state index in [4.69, 9.17) is 4.74 Å². The van der Waals surface area contributed by atoms with Crippen molar-refractivity contribution in [1.82, 2.24) is 14.4 Å². The molecule has 0 bridgehead atoms. The van der Waals surface area contributed by atoms with E-state index in [1.54, 1.807) is 7.11 Å². The van der Waals surface area contributed by atoms with Crippen molar-refractivity contribution in [3.05, 3.63) is 75.7 Å². The number of hydrogen-bond donors (Lipinski definition) is 0. The number of benzene rings is 1. The minimum atomic E-state index is 0.126. The second-order valence-electron chi connectivity index (χ2n) is 7.94. The Labute approximate surface area is 175 Å². The van der Waals surface area contributed by atoms with Crippen LogP contribution < -0.4 is 4.74 Å². The summed E-state index contributed by atoms with van der Waals surface area (Å²) in [6.07, 6.45) is 2.06. The van der Waals surface area contributed by atoms with Gasteiger partial charge in [-0.3, -0.25) is 9.69 Å². The topological polar surface area (TPSA) is 37.7 Å². The average molecular weight is 408 g/mol. The van der Waals surface area contributed by atoms with Crippen LogP contribution in [-0.4, -0.2) is 46.5 Å². The summed E-state index contributed by atoms with van der Waals surface area (Å²) in [4.78, 5) is 19.3. The highest BCUT2D eigenvalue weighted by Gasteiger charge is 2.44. The van der Waals surface area contributed by atoms with Crippen molar-refractivity contribution in [2.75, 3.05) is 20.2 Å². The molecule has 1 saturated heterocycles. The molecule has 2 atom stereocenters. The molecule has 2 aliphatic rings. The summed E-state index contributed by atoms with van der Waals surface area (Å²) in [7, 11) is 1.67. The van der Waals surface area contributed by atoms with E-state index < -0.39 is 0 Å². The Hall–Kier alpha value is -2.57. The summed E-state index contributed by atoms with van der Waals surface area (Å²) in [6, 6.07) is 14.6. The Morgan fingerprint density at radius 1 is 1.07 bits per heavy atom. The number of rotatable bonds is 5. The molecule has 150 valence electrons. The normalized spacial score (nSPS) is 21.3. The second-order valence-corrected chi connectivity index (χ2v) is 8.94. The second kappa shape index (κ2) is 7.35. The number of ether oxygens (including phenoxy) is 1.